The van der Waals surface area contributed by atoms with E-state index in [-0.39, 0.29) is 13.1 Å². The molecule has 0 bridgehead atoms. The van der Waals surface area contributed by atoms with Crippen LogP contribution in [0, 0.1) is 0 Å². The summed E-state index contributed by atoms with van der Waals surface area (Å²) in [5, 5.41) is 0. The van der Waals surface area contributed by atoms with Gasteiger partial charge in [-0.3, -0.25) is 0 Å². The van der Waals surface area contributed by atoms with Gasteiger partial charge in [0.1, 0.15) is 0 Å². The predicted octanol–water partition coefficient (Wildman–Crippen LogP) is 2.12. The van der Waals surface area contributed by atoms with Gasteiger partial charge in [0.2, 0.25) is 0 Å². The Kier molecular flexibility index (Phi) is 5.30. The predicted molar refractivity (Wildman–Crippen MR) is 51.7 cm³/mol. The molecule has 3 nitrogen and oxygen atoms in total. The Morgan fingerprint density at radius 1 is 1.40 bits per heavy atom. The fourth-order valence-corrected chi connectivity index (χ4v) is 1.90. The Morgan fingerprint density at radius 3 is 2.27 bits per heavy atom. The van der Waals surface area contributed by atoms with Crippen molar-refractivity contribution in [3.05, 3.63) is 12.7 Å². The summed E-state index contributed by atoms with van der Waals surface area (Å²) in [6.07, 6.45) is 2.16. The maximum Gasteiger partial charge on any atom is 0.511 e. The molecule has 0 saturated carbocycles. The van der Waals surface area contributed by atoms with Crippen molar-refractivity contribution in [3.63, 3.8) is 0 Å². The quantitative estimate of drug-likeness (QED) is 0.672. The van der Waals surface area contributed by atoms with Crippen LogP contribution in [0.2, 0.25) is 0 Å². The summed E-state index contributed by atoms with van der Waals surface area (Å²) < 4.78 is 58.9. The fourth-order valence-electron chi connectivity index (χ4n) is 0.934. The molecule has 0 aromatic heterocycles. The molecule has 0 rings (SSSR count). The second-order valence-corrected chi connectivity index (χ2v) is 4.88. The summed E-state index contributed by atoms with van der Waals surface area (Å²) in [5.41, 5.74) is -5.23. The highest BCUT2D eigenvalue weighted by Gasteiger charge is 2.49. The van der Waals surface area contributed by atoms with Crippen molar-refractivity contribution in [1.82, 2.24) is 4.31 Å². The second-order valence-electron chi connectivity index (χ2n) is 2.95. The highest BCUT2D eigenvalue weighted by Crippen LogP contribution is 2.26. The largest absolute Gasteiger partial charge is 0.511 e. The Morgan fingerprint density at radius 2 is 1.93 bits per heavy atom. The van der Waals surface area contributed by atoms with Gasteiger partial charge in [0.25, 0.3) is 0 Å². The molecular weight excluding hydrogens is 231 g/mol. The highest BCUT2D eigenvalue weighted by molar-refractivity contribution is 7.90. The first-order valence-electron chi connectivity index (χ1n) is 4.44. The van der Waals surface area contributed by atoms with Crippen molar-refractivity contribution < 1.29 is 21.6 Å². The van der Waals surface area contributed by atoms with E-state index in [1.165, 1.54) is 0 Å². The molecule has 0 aliphatic heterocycles. The van der Waals surface area contributed by atoms with E-state index in [0.717, 1.165) is 6.08 Å². The molecule has 0 N–H and O–H groups in total. The van der Waals surface area contributed by atoms with Crippen LogP contribution in [0.25, 0.3) is 0 Å². The summed E-state index contributed by atoms with van der Waals surface area (Å²) in [6, 6.07) is 0. The van der Waals surface area contributed by atoms with Crippen LogP contribution in [0.5, 0.6) is 0 Å². The molecule has 0 heterocycles. The first kappa shape index (κ1) is 14.4. The zero-order valence-corrected chi connectivity index (χ0v) is 9.24. The van der Waals surface area contributed by atoms with E-state index in [2.05, 4.69) is 6.58 Å². The molecule has 0 unspecified atom stereocenters. The van der Waals surface area contributed by atoms with Crippen molar-refractivity contribution >= 4 is 10.0 Å². The van der Waals surface area contributed by atoms with Crippen LogP contribution in [0.15, 0.2) is 12.7 Å². The number of nitrogens with zero attached hydrogens (tertiary/aromatic N) is 1. The van der Waals surface area contributed by atoms with Gasteiger partial charge in [-0.05, 0) is 6.42 Å². The summed E-state index contributed by atoms with van der Waals surface area (Å²) >= 11 is 0. The third-order valence-corrected chi connectivity index (χ3v) is 3.32. The third-order valence-electron chi connectivity index (χ3n) is 1.73. The van der Waals surface area contributed by atoms with Crippen LogP contribution < -0.4 is 0 Å². The molecule has 0 aromatic carbocycles. The molecule has 0 aliphatic carbocycles. The highest BCUT2D eigenvalue weighted by atomic mass is 32.2. The average Bonchev–Trinajstić information content (AvgIpc) is 2.10. The molecule has 0 aliphatic rings. The molecule has 0 aromatic rings. The van der Waals surface area contributed by atoms with Gasteiger partial charge in [-0.15, -0.1) is 6.58 Å². The van der Waals surface area contributed by atoms with Crippen molar-refractivity contribution in [2.45, 2.75) is 25.3 Å². The third kappa shape index (κ3) is 3.83. The molecule has 15 heavy (non-hydrogen) atoms. The topological polar surface area (TPSA) is 37.4 Å². The van der Waals surface area contributed by atoms with E-state index in [1.54, 1.807) is 6.92 Å². The summed E-state index contributed by atoms with van der Waals surface area (Å²) in [7, 11) is -5.21. The maximum absolute atomic E-state index is 12.2. The van der Waals surface area contributed by atoms with Crippen LogP contribution in [-0.2, 0) is 10.0 Å². The van der Waals surface area contributed by atoms with Gasteiger partial charge in [0, 0.05) is 13.1 Å². The van der Waals surface area contributed by atoms with Gasteiger partial charge in [-0.25, -0.2) is 8.42 Å². The minimum absolute atomic E-state index is 0.135. The lowest BCUT2D eigenvalue weighted by Crippen LogP contribution is -2.41. The monoisotopic (exact) mass is 245 g/mol. The van der Waals surface area contributed by atoms with Gasteiger partial charge in [0.15, 0.2) is 0 Å². The minimum atomic E-state index is -5.23. The first-order chi connectivity index (χ1) is 6.77. The second kappa shape index (κ2) is 5.50. The Bertz CT molecular complexity index is 297. The standard InChI is InChI=1S/C8H14F3NO2S/c1-3-5-7-12(6-4-2)15(13,14)8(9,10)11/h4H,2-3,5-7H2,1H3. The number of unbranched alkanes of at least 4 members (excludes halogenated alkanes) is 1. The van der Waals surface area contributed by atoms with E-state index < -0.39 is 15.5 Å². The van der Waals surface area contributed by atoms with Crippen molar-refractivity contribution in [3.8, 4) is 0 Å². The maximum atomic E-state index is 12.2. The van der Waals surface area contributed by atoms with Crippen molar-refractivity contribution in [2.24, 2.45) is 0 Å². The van der Waals surface area contributed by atoms with Gasteiger partial charge >= 0.3 is 15.5 Å². The summed E-state index contributed by atoms with van der Waals surface area (Å²) in [6.45, 7) is 4.55. The van der Waals surface area contributed by atoms with Crippen LogP contribution in [-0.4, -0.2) is 31.3 Å². The first-order valence-corrected chi connectivity index (χ1v) is 5.88. The number of hydrogen-bond donors (Lipinski definition) is 0. The normalized spacial score (nSPS) is 13.1. The van der Waals surface area contributed by atoms with Gasteiger partial charge in [0.05, 0.1) is 0 Å². The Labute approximate surface area is 87.6 Å². The molecule has 0 radical (unpaired) electrons. The lowest BCUT2D eigenvalue weighted by molar-refractivity contribution is -0.0486. The minimum Gasteiger partial charge on any atom is -0.203 e. The summed E-state index contributed by atoms with van der Waals surface area (Å²) in [4.78, 5) is 0. The van der Waals surface area contributed by atoms with E-state index in [4.69, 9.17) is 0 Å². The lowest BCUT2D eigenvalue weighted by Gasteiger charge is -2.21. The zero-order valence-electron chi connectivity index (χ0n) is 8.42. The Hall–Kier alpha value is -0.560. The van der Waals surface area contributed by atoms with Crippen molar-refractivity contribution in [1.29, 1.82) is 0 Å². The molecule has 0 amide bonds. The molecule has 7 heteroatoms. The Balaban J connectivity index is 4.82. The number of alkyl halides is 3. The lowest BCUT2D eigenvalue weighted by atomic mass is 10.3. The van der Waals surface area contributed by atoms with Crippen LogP contribution in [0.3, 0.4) is 0 Å². The van der Waals surface area contributed by atoms with E-state index >= 15 is 0 Å². The van der Waals surface area contributed by atoms with Crippen LogP contribution >= 0.6 is 0 Å². The molecule has 0 fully saturated rings. The number of sulfonamides is 1. The fraction of sp³-hybridized carbons (Fsp3) is 0.750. The molecule has 90 valence electrons. The number of halogens is 3. The van der Waals surface area contributed by atoms with E-state index in [9.17, 15) is 21.6 Å². The number of rotatable bonds is 6. The summed E-state index contributed by atoms with van der Waals surface area (Å²) in [5.74, 6) is 0. The smallest absolute Gasteiger partial charge is 0.203 e. The zero-order chi connectivity index (χ0) is 12.1. The molecule has 0 spiro atoms. The molecular formula is C8H14F3NO2S. The number of hydrogen-bond acceptors (Lipinski definition) is 2. The van der Waals surface area contributed by atoms with Crippen LogP contribution in [0.4, 0.5) is 13.2 Å². The van der Waals surface area contributed by atoms with E-state index in [1.807, 2.05) is 0 Å². The average molecular weight is 245 g/mol. The molecule has 0 atom stereocenters. The van der Waals surface area contributed by atoms with E-state index in [0.29, 0.717) is 17.1 Å². The van der Waals surface area contributed by atoms with Crippen LogP contribution in [0.1, 0.15) is 19.8 Å². The van der Waals surface area contributed by atoms with Gasteiger partial charge < -0.3 is 0 Å². The van der Waals surface area contributed by atoms with Gasteiger partial charge in [-0.2, -0.15) is 17.5 Å². The van der Waals surface area contributed by atoms with Crippen molar-refractivity contribution in [2.75, 3.05) is 13.1 Å². The SMILES string of the molecule is C=CCN(CCCC)S(=O)(=O)C(F)(F)F. The van der Waals surface area contributed by atoms with Gasteiger partial charge in [-0.1, -0.05) is 19.4 Å². The molecule has 0 saturated heterocycles.